The summed E-state index contributed by atoms with van der Waals surface area (Å²) < 4.78 is 9.13. The van der Waals surface area contributed by atoms with Gasteiger partial charge in [0.15, 0.2) is 0 Å². The molecule has 1 fully saturated rings. The number of hydrogen-bond acceptors (Lipinski definition) is 2. The molecule has 7 rings (SSSR count). The summed E-state index contributed by atoms with van der Waals surface area (Å²) >= 11 is 0. The van der Waals surface area contributed by atoms with Crippen LogP contribution in [0.25, 0.3) is 55.2 Å². The van der Waals surface area contributed by atoms with E-state index in [0.717, 1.165) is 44.3 Å². The average Bonchev–Trinajstić information content (AvgIpc) is 3.63. The number of aromatic nitrogens is 1. The molecule has 6 aromatic rings. The first kappa shape index (κ1) is 22.8. The van der Waals surface area contributed by atoms with Gasteiger partial charge in [-0.2, -0.15) is 9.83 Å². The lowest BCUT2D eigenvalue weighted by Gasteiger charge is -2.15. The Morgan fingerprint density at radius 2 is 1.61 bits per heavy atom. The standard InChI is InChI=1S/C35H29N2O/c1-22-16-18-28-33-25(21-36)17-19-26(23-10-4-3-5-11-23)34(33)38-35(28)32(22)31-20-29(24-12-6-7-13-24)27-14-8-9-15-30(27)37(31)2/h3-5,8-11,14-20,24H,6-7,12-13H2,1-2H3/q+1. The molecule has 0 spiro atoms. The van der Waals surface area contributed by atoms with Crippen LogP contribution in [-0.2, 0) is 7.05 Å². The molecule has 0 radical (unpaired) electrons. The van der Waals surface area contributed by atoms with Crippen molar-refractivity contribution in [3.05, 3.63) is 102 Å². The fraction of sp³-hybridized carbons (Fsp3) is 0.200. The maximum absolute atomic E-state index is 10.0. The second-order valence-electron chi connectivity index (χ2n) is 10.6. The number of nitriles is 1. The average molecular weight is 494 g/mol. The SMILES string of the molecule is Cc1ccc2c(oc3c(-c4ccccc4)ccc(C#N)c32)c1-c1cc(C2CCCC2)c2ccccc2[n+]1C. The predicted octanol–water partition coefficient (Wildman–Crippen LogP) is 8.74. The summed E-state index contributed by atoms with van der Waals surface area (Å²) in [4.78, 5) is 0. The molecule has 2 heterocycles. The van der Waals surface area contributed by atoms with Gasteiger partial charge in [-0.25, -0.2) is 0 Å². The molecule has 1 aliphatic carbocycles. The Labute approximate surface area is 222 Å². The van der Waals surface area contributed by atoms with Gasteiger partial charge < -0.3 is 4.42 Å². The molecule has 0 N–H and O–H groups in total. The Morgan fingerprint density at radius 1 is 0.842 bits per heavy atom. The number of rotatable bonds is 3. The van der Waals surface area contributed by atoms with Crippen LogP contribution < -0.4 is 4.57 Å². The number of benzene rings is 4. The zero-order chi connectivity index (χ0) is 25.8. The minimum absolute atomic E-state index is 0.588. The van der Waals surface area contributed by atoms with E-state index in [-0.39, 0.29) is 0 Å². The number of hydrogen-bond donors (Lipinski definition) is 0. The van der Waals surface area contributed by atoms with Gasteiger partial charge in [0.1, 0.15) is 18.2 Å². The van der Waals surface area contributed by atoms with E-state index in [0.29, 0.717) is 11.5 Å². The smallest absolute Gasteiger partial charge is 0.217 e. The summed E-state index contributed by atoms with van der Waals surface area (Å²) in [7, 11) is 2.16. The monoisotopic (exact) mass is 493 g/mol. The van der Waals surface area contributed by atoms with E-state index in [9.17, 15) is 5.26 Å². The third-order valence-electron chi connectivity index (χ3n) is 8.48. The maximum atomic E-state index is 10.0. The van der Waals surface area contributed by atoms with Crippen molar-refractivity contribution in [1.82, 2.24) is 0 Å². The Kier molecular flexibility index (Phi) is 5.30. The zero-order valence-corrected chi connectivity index (χ0v) is 21.8. The number of para-hydroxylation sites is 1. The summed E-state index contributed by atoms with van der Waals surface area (Å²) in [6.07, 6.45) is 5.09. The number of furan rings is 1. The molecule has 4 aromatic carbocycles. The second-order valence-corrected chi connectivity index (χ2v) is 10.6. The third kappa shape index (κ3) is 3.37. The minimum atomic E-state index is 0.588. The van der Waals surface area contributed by atoms with Crippen LogP contribution in [0.5, 0.6) is 0 Å². The van der Waals surface area contributed by atoms with Crippen molar-refractivity contribution in [2.45, 2.75) is 38.5 Å². The molecule has 2 aromatic heterocycles. The van der Waals surface area contributed by atoms with Crippen molar-refractivity contribution in [1.29, 1.82) is 5.26 Å². The van der Waals surface area contributed by atoms with E-state index in [4.69, 9.17) is 4.42 Å². The molecule has 38 heavy (non-hydrogen) atoms. The summed E-state index contributed by atoms with van der Waals surface area (Å²) in [6, 6.07) is 32.1. The van der Waals surface area contributed by atoms with E-state index >= 15 is 0 Å². The van der Waals surface area contributed by atoms with Crippen LogP contribution in [-0.4, -0.2) is 0 Å². The third-order valence-corrected chi connectivity index (χ3v) is 8.48. The molecule has 1 aliphatic rings. The second kappa shape index (κ2) is 8.85. The number of pyridine rings is 1. The lowest BCUT2D eigenvalue weighted by molar-refractivity contribution is -0.633. The predicted molar refractivity (Wildman–Crippen MR) is 154 cm³/mol. The van der Waals surface area contributed by atoms with E-state index in [1.165, 1.54) is 47.7 Å². The van der Waals surface area contributed by atoms with Crippen molar-refractivity contribution >= 4 is 32.8 Å². The molecular formula is C35H29N2O+. The van der Waals surface area contributed by atoms with Crippen LogP contribution >= 0.6 is 0 Å². The normalized spacial score (nSPS) is 14.0. The highest BCUT2D eigenvalue weighted by Gasteiger charge is 2.28. The maximum Gasteiger partial charge on any atom is 0.217 e. The van der Waals surface area contributed by atoms with Crippen molar-refractivity contribution in [3.8, 4) is 28.5 Å². The molecule has 0 unspecified atom stereocenters. The fourth-order valence-corrected chi connectivity index (χ4v) is 6.57. The zero-order valence-electron chi connectivity index (χ0n) is 21.8. The molecular weight excluding hydrogens is 464 g/mol. The van der Waals surface area contributed by atoms with Gasteiger partial charge in [0.05, 0.1) is 17.2 Å². The summed E-state index contributed by atoms with van der Waals surface area (Å²) in [5.41, 5.74) is 10.5. The summed E-state index contributed by atoms with van der Waals surface area (Å²) in [6.45, 7) is 2.16. The fourth-order valence-electron chi connectivity index (χ4n) is 6.57. The van der Waals surface area contributed by atoms with E-state index in [1.54, 1.807) is 0 Å². The number of fused-ring (bicyclic) bond motifs is 4. The van der Waals surface area contributed by atoms with Crippen LogP contribution in [0, 0.1) is 18.3 Å². The molecule has 0 atom stereocenters. The highest BCUT2D eigenvalue weighted by molar-refractivity contribution is 6.15. The molecule has 0 bridgehead atoms. The van der Waals surface area contributed by atoms with Gasteiger partial charge in [0, 0.05) is 33.9 Å². The first-order valence-electron chi connectivity index (χ1n) is 13.5. The van der Waals surface area contributed by atoms with Crippen LogP contribution in [0.2, 0.25) is 0 Å². The van der Waals surface area contributed by atoms with Gasteiger partial charge in [0.2, 0.25) is 11.2 Å². The first-order valence-corrected chi connectivity index (χ1v) is 13.5. The van der Waals surface area contributed by atoms with Gasteiger partial charge in [-0.1, -0.05) is 67.4 Å². The van der Waals surface area contributed by atoms with Crippen LogP contribution in [0.3, 0.4) is 0 Å². The van der Waals surface area contributed by atoms with Gasteiger partial charge in [-0.15, -0.1) is 0 Å². The molecule has 1 saturated carbocycles. The molecule has 3 nitrogen and oxygen atoms in total. The molecule has 0 saturated heterocycles. The summed E-state index contributed by atoms with van der Waals surface area (Å²) in [5, 5.41) is 13.3. The van der Waals surface area contributed by atoms with Gasteiger partial charge in [-0.3, -0.25) is 0 Å². The Morgan fingerprint density at radius 3 is 2.39 bits per heavy atom. The number of aryl methyl sites for hydroxylation is 2. The van der Waals surface area contributed by atoms with Crippen molar-refractivity contribution in [2.75, 3.05) is 0 Å². The van der Waals surface area contributed by atoms with Gasteiger partial charge in [-0.05, 0) is 60.6 Å². The lowest BCUT2D eigenvalue weighted by Crippen LogP contribution is -2.33. The Bertz CT molecular complexity index is 1900. The minimum Gasteiger partial charge on any atom is -0.454 e. The van der Waals surface area contributed by atoms with E-state index < -0.39 is 0 Å². The molecule has 184 valence electrons. The molecule has 0 aliphatic heterocycles. The lowest BCUT2D eigenvalue weighted by atomic mass is 9.90. The topological polar surface area (TPSA) is 40.8 Å². The number of nitrogens with zero attached hydrogens (tertiary/aromatic N) is 2. The highest BCUT2D eigenvalue weighted by Crippen LogP contribution is 2.44. The van der Waals surface area contributed by atoms with Crippen LogP contribution in [0.1, 0.15) is 48.3 Å². The van der Waals surface area contributed by atoms with E-state index in [2.05, 4.69) is 79.2 Å². The Hall–Kier alpha value is -4.42. The van der Waals surface area contributed by atoms with Gasteiger partial charge in [0.25, 0.3) is 0 Å². The van der Waals surface area contributed by atoms with Crippen LogP contribution in [0.15, 0.2) is 89.3 Å². The summed E-state index contributed by atoms with van der Waals surface area (Å²) in [5.74, 6) is 0.588. The van der Waals surface area contributed by atoms with Crippen molar-refractivity contribution in [3.63, 3.8) is 0 Å². The van der Waals surface area contributed by atoms with Crippen molar-refractivity contribution in [2.24, 2.45) is 7.05 Å². The molecule has 3 heteroatoms. The largest absolute Gasteiger partial charge is 0.454 e. The highest BCUT2D eigenvalue weighted by atomic mass is 16.3. The Balaban J connectivity index is 1.59. The van der Waals surface area contributed by atoms with E-state index in [1.807, 2.05) is 30.3 Å². The first-order chi connectivity index (χ1) is 18.7. The quantitative estimate of drug-likeness (QED) is 0.231. The molecule has 0 amide bonds. The van der Waals surface area contributed by atoms with Crippen molar-refractivity contribution < 1.29 is 8.98 Å². The van der Waals surface area contributed by atoms with Gasteiger partial charge >= 0.3 is 0 Å². The van der Waals surface area contributed by atoms with Crippen LogP contribution in [0.4, 0.5) is 0 Å².